The summed E-state index contributed by atoms with van der Waals surface area (Å²) in [7, 11) is 0. The molecule has 0 radical (unpaired) electrons. The molecule has 1 amide bonds. The van der Waals surface area contributed by atoms with E-state index in [4.69, 9.17) is 4.74 Å². The van der Waals surface area contributed by atoms with Gasteiger partial charge in [-0.15, -0.1) is 0 Å². The molecule has 1 aliphatic rings. The number of ether oxygens (including phenoxy) is 1. The van der Waals surface area contributed by atoms with Gasteiger partial charge in [0.25, 0.3) is 0 Å². The molecule has 26 heavy (non-hydrogen) atoms. The summed E-state index contributed by atoms with van der Waals surface area (Å²) in [6.45, 7) is 0.565. The Morgan fingerprint density at radius 3 is 2.65 bits per heavy atom. The van der Waals surface area contributed by atoms with Crippen LogP contribution in [0, 0.1) is 0 Å². The molecular weight excluding hydrogens is 326 g/mol. The van der Waals surface area contributed by atoms with Gasteiger partial charge in [-0.3, -0.25) is 9.89 Å². The van der Waals surface area contributed by atoms with E-state index in [0.29, 0.717) is 18.9 Å². The van der Waals surface area contributed by atoms with Crippen LogP contribution in [0.1, 0.15) is 29.2 Å². The second kappa shape index (κ2) is 7.44. The van der Waals surface area contributed by atoms with Gasteiger partial charge < -0.3 is 10.1 Å². The first-order chi connectivity index (χ1) is 12.8. The molecule has 0 unspecified atom stereocenters. The van der Waals surface area contributed by atoms with E-state index >= 15 is 0 Å². The van der Waals surface area contributed by atoms with Crippen LogP contribution < -0.4 is 10.1 Å². The quantitative estimate of drug-likeness (QED) is 0.690. The third kappa shape index (κ3) is 4.11. The number of rotatable bonds is 7. The van der Waals surface area contributed by atoms with Crippen LogP contribution in [0.2, 0.25) is 0 Å². The van der Waals surface area contributed by atoms with Gasteiger partial charge >= 0.3 is 0 Å². The summed E-state index contributed by atoms with van der Waals surface area (Å²) in [6, 6.07) is 20.3. The lowest BCUT2D eigenvalue weighted by Gasteiger charge is -2.08. The van der Waals surface area contributed by atoms with Crippen molar-refractivity contribution in [2.45, 2.75) is 31.4 Å². The van der Waals surface area contributed by atoms with Gasteiger partial charge in [-0.05, 0) is 35.7 Å². The van der Waals surface area contributed by atoms with E-state index in [-0.39, 0.29) is 11.9 Å². The molecule has 5 nitrogen and oxygen atoms in total. The molecule has 1 aromatic heterocycles. The summed E-state index contributed by atoms with van der Waals surface area (Å²) >= 11 is 0. The van der Waals surface area contributed by atoms with Crippen molar-refractivity contribution in [1.29, 1.82) is 0 Å². The Bertz CT molecular complexity index is 845. The molecule has 0 spiro atoms. The fourth-order valence-corrected chi connectivity index (χ4v) is 3.09. The molecule has 3 aromatic rings. The number of hydrogen-bond acceptors (Lipinski definition) is 3. The summed E-state index contributed by atoms with van der Waals surface area (Å²) in [5.74, 6) is 1.28. The van der Waals surface area contributed by atoms with Gasteiger partial charge in [0.1, 0.15) is 12.4 Å². The normalized spacial score (nSPS) is 18.3. The van der Waals surface area contributed by atoms with Crippen molar-refractivity contribution in [3.63, 3.8) is 0 Å². The van der Waals surface area contributed by atoms with Crippen molar-refractivity contribution in [3.8, 4) is 5.75 Å². The molecule has 5 heteroatoms. The molecule has 2 N–H and O–H groups in total. The minimum absolute atomic E-state index is 0.0320. The molecule has 2 atom stereocenters. The summed E-state index contributed by atoms with van der Waals surface area (Å²) < 4.78 is 5.82. The largest absolute Gasteiger partial charge is 0.489 e. The van der Waals surface area contributed by atoms with Gasteiger partial charge in [0.05, 0.1) is 6.42 Å². The van der Waals surface area contributed by atoms with Gasteiger partial charge in [0, 0.05) is 23.9 Å². The number of nitrogens with zero attached hydrogens (tertiary/aromatic N) is 1. The lowest BCUT2D eigenvalue weighted by Crippen LogP contribution is -2.28. The van der Waals surface area contributed by atoms with Crippen LogP contribution in [0.15, 0.2) is 66.9 Å². The maximum atomic E-state index is 12.0. The molecule has 1 saturated carbocycles. The Morgan fingerprint density at radius 1 is 1.12 bits per heavy atom. The van der Waals surface area contributed by atoms with Gasteiger partial charge in [-0.1, -0.05) is 42.5 Å². The Labute approximate surface area is 152 Å². The molecule has 0 aliphatic heterocycles. The molecule has 4 rings (SSSR count). The average molecular weight is 347 g/mol. The van der Waals surface area contributed by atoms with Crippen LogP contribution in [0.5, 0.6) is 5.75 Å². The maximum Gasteiger partial charge on any atom is 0.226 e. The Kier molecular flexibility index (Phi) is 4.69. The van der Waals surface area contributed by atoms with Crippen molar-refractivity contribution in [3.05, 3.63) is 83.7 Å². The van der Waals surface area contributed by atoms with E-state index in [9.17, 15) is 4.79 Å². The average Bonchev–Trinajstić information content (AvgIpc) is 3.23. The molecule has 1 fully saturated rings. The zero-order valence-corrected chi connectivity index (χ0v) is 14.4. The highest BCUT2D eigenvalue weighted by atomic mass is 16.5. The number of hydrogen-bond donors (Lipinski definition) is 2. The number of carbonyl (C=O) groups is 1. The van der Waals surface area contributed by atoms with Gasteiger partial charge in [-0.25, -0.2) is 0 Å². The zero-order valence-electron chi connectivity index (χ0n) is 14.4. The van der Waals surface area contributed by atoms with Crippen molar-refractivity contribution >= 4 is 5.91 Å². The first kappa shape index (κ1) is 16.4. The highest BCUT2D eigenvalue weighted by Gasteiger charge is 2.39. The van der Waals surface area contributed by atoms with Crippen molar-refractivity contribution < 1.29 is 9.53 Å². The van der Waals surface area contributed by atoms with Crippen LogP contribution >= 0.6 is 0 Å². The fraction of sp³-hybridized carbons (Fsp3) is 0.238. The second-order valence-corrected chi connectivity index (χ2v) is 6.62. The SMILES string of the molecule is O=C(Cc1ccn[nH]1)N[C@@H]1C[C@@H]1c1ccc(OCc2ccccc2)cc1. The fourth-order valence-electron chi connectivity index (χ4n) is 3.09. The van der Waals surface area contributed by atoms with Crippen molar-refractivity contribution in [2.75, 3.05) is 0 Å². The zero-order chi connectivity index (χ0) is 17.8. The van der Waals surface area contributed by atoms with E-state index < -0.39 is 0 Å². The third-order valence-electron chi connectivity index (χ3n) is 4.60. The van der Waals surface area contributed by atoms with Crippen molar-refractivity contribution in [2.24, 2.45) is 0 Å². The monoisotopic (exact) mass is 347 g/mol. The molecule has 132 valence electrons. The van der Waals surface area contributed by atoms with E-state index in [1.807, 2.05) is 36.4 Å². The summed E-state index contributed by atoms with van der Waals surface area (Å²) in [6.07, 6.45) is 2.98. The number of aromatic amines is 1. The van der Waals surface area contributed by atoms with Crippen LogP contribution in [-0.4, -0.2) is 22.1 Å². The number of carbonyl (C=O) groups excluding carboxylic acids is 1. The predicted octanol–water partition coefficient (Wildman–Crippen LogP) is 3.20. The third-order valence-corrected chi connectivity index (χ3v) is 4.60. The maximum absolute atomic E-state index is 12.0. The molecule has 0 saturated heterocycles. The standard InChI is InChI=1S/C21H21N3O2/c25-21(12-17-10-11-22-24-17)23-20-13-19(20)16-6-8-18(9-7-16)26-14-15-4-2-1-3-5-15/h1-11,19-20H,12-14H2,(H,22,24)(H,23,25)/t19-,20-/m1/s1. The highest BCUT2D eigenvalue weighted by Crippen LogP contribution is 2.41. The highest BCUT2D eigenvalue weighted by molar-refractivity contribution is 5.79. The lowest BCUT2D eigenvalue weighted by atomic mass is 10.1. The first-order valence-electron chi connectivity index (χ1n) is 8.82. The van der Waals surface area contributed by atoms with E-state index in [1.54, 1.807) is 6.20 Å². The van der Waals surface area contributed by atoms with E-state index in [2.05, 4.69) is 39.8 Å². The molecule has 2 aromatic carbocycles. The van der Waals surface area contributed by atoms with Crippen molar-refractivity contribution in [1.82, 2.24) is 15.5 Å². The minimum Gasteiger partial charge on any atom is -0.489 e. The van der Waals surface area contributed by atoms with E-state index in [1.165, 1.54) is 5.56 Å². The minimum atomic E-state index is 0.0320. The van der Waals surface area contributed by atoms with Gasteiger partial charge in [0.2, 0.25) is 5.91 Å². The number of nitrogens with one attached hydrogen (secondary N) is 2. The summed E-state index contributed by atoms with van der Waals surface area (Å²) in [4.78, 5) is 12.0. The van der Waals surface area contributed by atoms with Crippen LogP contribution in [0.4, 0.5) is 0 Å². The number of aromatic nitrogens is 2. The second-order valence-electron chi connectivity index (χ2n) is 6.62. The molecular formula is C21H21N3O2. The Morgan fingerprint density at radius 2 is 1.92 bits per heavy atom. The Hall–Kier alpha value is -3.08. The first-order valence-corrected chi connectivity index (χ1v) is 8.82. The molecule has 1 aliphatic carbocycles. The summed E-state index contributed by atoms with van der Waals surface area (Å²) in [5, 5.41) is 9.75. The number of amides is 1. The summed E-state index contributed by atoms with van der Waals surface area (Å²) in [5.41, 5.74) is 3.22. The van der Waals surface area contributed by atoms with Gasteiger partial charge in [-0.2, -0.15) is 5.10 Å². The van der Waals surface area contributed by atoms with Crippen LogP contribution in [0.25, 0.3) is 0 Å². The number of benzene rings is 2. The topological polar surface area (TPSA) is 67.0 Å². The van der Waals surface area contributed by atoms with Crippen LogP contribution in [-0.2, 0) is 17.8 Å². The molecule has 1 heterocycles. The number of H-pyrrole nitrogens is 1. The predicted molar refractivity (Wildman–Crippen MR) is 98.8 cm³/mol. The van der Waals surface area contributed by atoms with Crippen LogP contribution in [0.3, 0.4) is 0 Å². The lowest BCUT2D eigenvalue weighted by molar-refractivity contribution is -0.120. The van der Waals surface area contributed by atoms with Gasteiger partial charge in [0.15, 0.2) is 0 Å². The Balaban J connectivity index is 1.26. The van der Waals surface area contributed by atoms with E-state index in [0.717, 1.165) is 23.4 Å². The smallest absolute Gasteiger partial charge is 0.226 e. The molecule has 0 bridgehead atoms.